The Morgan fingerprint density at radius 2 is 2.04 bits per heavy atom. The van der Waals surface area contributed by atoms with Crippen molar-refractivity contribution in [1.82, 2.24) is 9.80 Å². The van der Waals surface area contributed by atoms with Gasteiger partial charge in [0, 0.05) is 43.5 Å². The number of amides is 1. The van der Waals surface area contributed by atoms with Gasteiger partial charge in [-0.1, -0.05) is 0 Å². The number of nitrogens with two attached hydrogens (primary N) is 1. The van der Waals surface area contributed by atoms with Gasteiger partial charge in [-0.2, -0.15) is 0 Å². The zero-order chi connectivity index (χ0) is 18.6. The first-order chi connectivity index (χ1) is 11.7. The van der Waals surface area contributed by atoms with Crippen molar-refractivity contribution in [2.75, 3.05) is 32.0 Å². The summed E-state index contributed by atoms with van der Waals surface area (Å²) < 4.78 is 11.2. The number of rotatable bonds is 4. The maximum Gasteiger partial charge on any atom is 0.410 e. The number of carbonyl (C=O) groups excluding carboxylic acids is 1. The molecule has 2 N–H and O–H groups in total. The van der Waals surface area contributed by atoms with Gasteiger partial charge in [-0.3, -0.25) is 4.90 Å². The number of piperazine rings is 1. The third-order valence-corrected chi connectivity index (χ3v) is 4.12. The molecule has 0 bridgehead atoms. The van der Waals surface area contributed by atoms with E-state index in [-0.39, 0.29) is 12.1 Å². The van der Waals surface area contributed by atoms with Gasteiger partial charge in [-0.05, 0) is 52.8 Å². The number of benzene rings is 1. The fourth-order valence-electron chi connectivity index (χ4n) is 3.03. The number of hydrogen-bond donors (Lipinski definition) is 1. The lowest BCUT2D eigenvalue weighted by Crippen LogP contribution is -2.54. The van der Waals surface area contributed by atoms with Crippen LogP contribution < -0.4 is 10.5 Å². The van der Waals surface area contributed by atoms with Gasteiger partial charge in [0.25, 0.3) is 0 Å². The number of anilines is 1. The molecule has 1 atom stereocenters. The van der Waals surface area contributed by atoms with Gasteiger partial charge in [-0.15, -0.1) is 0 Å². The minimum Gasteiger partial charge on any atom is -0.494 e. The fourth-order valence-corrected chi connectivity index (χ4v) is 3.03. The second-order valence-corrected chi connectivity index (χ2v) is 7.56. The summed E-state index contributed by atoms with van der Waals surface area (Å²) in [5.41, 5.74) is 7.28. The Morgan fingerprint density at radius 1 is 1.32 bits per heavy atom. The average Bonchev–Trinajstić information content (AvgIpc) is 2.48. The molecular formula is C19H31N3O3. The van der Waals surface area contributed by atoms with Gasteiger partial charge in [0.1, 0.15) is 11.4 Å². The van der Waals surface area contributed by atoms with Crippen LogP contribution in [-0.2, 0) is 11.3 Å². The van der Waals surface area contributed by atoms with Gasteiger partial charge in [0.05, 0.1) is 6.61 Å². The quantitative estimate of drug-likeness (QED) is 0.846. The van der Waals surface area contributed by atoms with E-state index in [9.17, 15) is 4.79 Å². The minimum atomic E-state index is -0.470. The van der Waals surface area contributed by atoms with Crippen LogP contribution in [0.3, 0.4) is 0 Å². The SMILES string of the molecule is CCOc1ccc(N)cc1CN1CCN(C(=O)OC(C)(C)C)C(C)C1. The van der Waals surface area contributed by atoms with Crippen molar-refractivity contribution in [1.29, 1.82) is 0 Å². The van der Waals surface area contributed by atoms with Crippen LogP contribution in [0, 0.1) is 0 Å². The lowest BCUT2D eigenvalue weighted by Gasteiger charge is -2.40. The van der Waals surface area contributed by atoms with Crippen molar-refractivity contribution in [3.8, 4) is 5.75 Å². The summed E-state index contributed by atoms with van der Waals surface area (Å²) in [6.45, 7) is 13.3. The predicted octanol–water partition coefficient (Wildman–Crippen LogP) is 3.11. The molecule has 6 nitrogen and oxygen atoms in total. The third-order valence-electron chi connectivity index (χ3n) is 4.12. The molecule has 2 rings (SSSR count). The van der Waals surface area contributed by atoms with Crippen LogP contribution in [0.1, 0.15) is 40.2 Å². The molecule has 1 heterocycles. The highest BCUT2D eigenvalue weighted by Crippen LogP contribution is 2.25. The summed E-state index contributed by atoms with van der Waals surface area (Å²) in [6, 6.07) is 5.85. The molecule has 1 aromatic rings. The van der Waals surface area contributed by atoms with Crippen molar-refractivity contribution in [3.63, 3.8) is 0 Å². The summed E-state index contributed by atoms with van der Waals surface area (Å²) in [5, 5.41) is 0. The smallest absolute Gasteiger partial charge is 0.410 e. The normalized spacial score (nSPS) is 18.9. The minimum absolute atomic E-state index is 0.0974. The molecule has 1 aliphatic rings. The highest BCUT2D eigenvalue weighted by molar-refractivity contribution is 5.68. The molecule has 25 heavy (non-hydrogen) atoms. The van der Waals surface area contributed by atoms with Gasteiger partial charge in [0.2, 0.25) is 0 Å². The number of hydrogen-bond acceptors (Lipinski definition) is 5. The Kier molecular flexibility index (Phi) is 6.16. The molecule has 6 heteroatoms. The van der Waals surface area contributed by atoms with E-state index in [1.54, 1.807) is 0 Å². The van der Waals surface area contributed by atoms with Gasteiger partial charge in [0.15, 0.2) is 0 Å². The number of nitrogens with zero attached hydrogens (tertiary/aromatic N) is 2. The van der Waals surface area contributed by atoms with Crippen LogP contribution in [0.5, 0.6) is 5.75 Å². The highest BCUT2D eigenvalue weighted by atomic mass is 16.6. The molecule has 0 saturated carbocycles. The van der Waals surface area contributed by atoms with Gasteiger partial charge in [-0.25, -0.2) is 4.79 Å². The van der Waals surface area contributed by atoms with Crippen molar-refractivity contribution in [2.24, 2.45) is 0 Å². The Bertz CT molecular complexity index is 598. The molecule has 140 valence electrons. The molecule has 1 fully saturated rings. The van der Waals surface area contributed by atoms with Crippen LogP contribution in [-0.4, -0.2) is 53.8 Å². The first kappa shape index (κ1) is 19.4. The molecule has 1 aromatic carbocycles. The fraction of sp³-hybridized carbons (Fsp3) is 0.632. The van der Waals surface area contributed by atoms with E-state index >= 15 is 0 Å². The van der Waals surface area contributed by atoms with Gasteiger partial charge >= 0.3 is 6.09 Å². The van der Waals surface area contributed by atoms with E-state index in [1.807, 2.05) is 50.8 Å². The second kappa shape index (κ2) is 7.95. The van der Waals surface area contributed by atoms with Crippen molar-refractivity contribution < 1.29 is 14.3 Å². The zero-order valence-electron chi connectivity index (χ0n) is 16.0. The second-order valence-electron chi connectivity index (χ2n) is 7.56. The number of nitrogen functional groups attached to an aromatic ring is 1. The van der Waals surface area contributed by atoms with Crippen molar-refractivity contribution >= 4 is 11.8 Å². The summed E-state index contributed by atoms with van der Waals surface area (Å²) in [6.07, 6.45) is -0.237. The van der Waals surface area contributed by atoms with E-state index in [0.29, 0.717) is 13.2 Å². The molecule has 1 saturated heterocycles. The number of carbonyl (C=O) groups is 1. The zero-order valence-corrected chi connectivity index (χ0v) is 16.0. The molecule has 1 unspecified atom stereocenters. The summed E-state index contributed by atoms with van der Waals surface area (Å²) >= 11 is 0. The molecular weight excluding hydrogens is 318 g/mol. The van der Waals surface area contributed by atoms with Crippen molar-refractivity contribution in [2.45, 2.75) is 52.8 Å². The Hall–Kier alpha value is -1.95. The topological polar surface area (TPSA) is 68.0 Å². The van der Waals surface area contributed by atoms with Crippen LogP contribution in [0.15, 0.2) is 18.2 Å². The lowest BCUT2D eigenvalue weighted by molar-refractivity contribution is 0.000469. The Labute approximate surface area is 150 Å². The molecule has 1 amide bonds. The first-order valence-electron chi connectivity index (χ1n) is 8.92. The largest absolute Gasteiger partial charge is 0.494 e. The first-order valence-corrected chi connectivity index (χ1v) is 8.92. The van der Waals surface area contributed by atoms with E-state index in [1.165, 1.54) is 0 Å². The van der Waals surface area contributed by atoms with E-state index in [4.69, 9.17) is 15.2 Å². The highest BCUT2D eigenvalue weighted by Gasteiger charge is 2.31. The average molecular weight is 349 g/mol. The monoisotopic (exact) mass is 349 g/mol. The lowest BCUT2D eigenvalue weighted by atomic mass is 10.1. The Morgan fingerprint density at radius 3 is 2.64 bits per heavy atom. The van der Waals surface area contributed by atoms with Crippen LogP contribution >= 0.6 is 0 Å². The molecule has 0 aliphatic carbocycles. The van der Waals surface area contributed by atoms with Crippen LogP contribution in [0.2, 0.25) is 0 Å². The Balaban J connectivity index is 1.99. The summed E-state index contributed by atoms with van der Waals surface area (Å²) in [5.74, 6) is 0.874. The number of ether oxygens (including phenoxy) is 2. The summed E-state index contributed by atoms with van der Waals surface area (Å²) in [4.78, 5) is 16.5. The predicted molar refractivity (Wildman–Crippen MR) is 99.7 cm³/mol. The molecule has 0 aromatic heterocycles. The third kappa shape index (κ3) is 5.53. The standard InChI is InChI=1S/C19H31N3O3/c1-6-24-17-8-7-16(20)11-15(17)13-21-9-10-22(14(2)12-21)18(23)25-19(3,4)5/h7-8,11,14H,6,9-10,12-13,20H2,1-5H3. The summed E-state index contributed by atoms with van der Waals surface area (Å²) in [7, 11) is 0. The van der Waals surface area contributed by atoms with E-state index < -0.39 is 5.60 Å². The maximum absolute atomic E-state index is 12.3. The van der Waals surface area contributed by atoms with Crippen LogP contribution in [0.4, 0.5) is 10.5 Å². The molecule has 0 radical (unpaired) electrons. The molecule has 1 aliphatic heterocycles. The van der Waals surface area contributed by atoms with Crippen molar-refractivity contribution in [3.05, 3.63) is 23.8 Å². The van der Waals surface area contributed by atoms with Gasteiger partial charge < -0.3 is 20.1 Å². The van der Waals surface area contributed by atoms with Crippen LogP contribution in [0.25, 0.3) is 0 Å². The maximum atomic E-state index is 12.3. The van der Waals surface area contributed by atoms with E-state index in [0.717, 1.165) is 36.6 Å². The van der Waals surface area contributed by atoms with E-state index in [2.05, 4.69) is 11.8 Å². The molecule has 0 spiro atoms.